The van der Waals surface area contributed by atoms with Crippen molar-refractivity contribution >= 4 is 34.7 Å². The molecule has 1 N–H and O–H groups in total. The van der Waals surface area contributed by atoms with E-state index in [4.69, 9.17) is 27.6 Å². The average Bonchev–Trinajstić information content (AvgIpc) is 3.14. The average molecular weight is 456 g/mol. The number of rotatable bonds is 8. The molecule has 1 heterocycles. The molecule has 0 radical (unpaired) electrons. The molecule has 0 unspecified atom stereocenters. The minimum atomic E-state index is -0.140. The van der Waals surface area contributed by atoms with E-state index < -0.39 is 0 Å². The molecule has 1 aromatic heterocycles. The zero-order valence-electron chi connectivity index (χ0n) is 18.1. The number of hydrogen-bond donors (Lipinski definition) is 1. The van der Waals surface area contributed by atoms with Crippen molar-refractivity contribution in [2.45, 2.75) is 40.0 Å². The maximum atomic E-state index is 12.8. The first-order valence-corrected chi connectivity index (χ1v) is 11.2. The molecule has 1 amide bonds. The Labute approximate surface area is 194 Å². The molecular weight excluding hydrogens is 429 g/mol. The van der Waals surface area contributed by atoms with E-state index in [9.17, 15) is 4.79 Å². The lowest BCUT2D eigenvalue weighted by Crippen LogP contribution is -2.24. The van der Waals surface area contributed by atoms with Crippen molar-refractivity contribution in [3.05, 3.63) is 87.1 Å². The second kappa shape index (κ2) is 10.7. The minimum absolute atomic E-state index is 0.140. The number of aryl methyl sites for hydroxylation is 2. The maximum Gasteiger partial charge on any atom is 0.254 e. The van der Waals surface area contributed by atoms with Gasteiger partial charge in [0.2, 0.25) is 0 Å². The van der Waals surface area contributed by atoms with Crippen LogP contribution in [0.25, 0.3) is 16.9 Å². The minimum Gasteiger partial charge on any atom is -0.461 e. The molecule has 3 nitrogen and oxygen atoms in total. The number of halogens is 2. The Hall–Kier alpha value is -2.49. The molecular formula is C26H27Cl2NO2. The Morgan fingerprint density at radius 1 is 1.00 bits per heavy atom. The van der Waals surface area contributed by atoms with E-state index in [1.807, 2.05) is 30.3 Å². The summed E-state index contributed by atoms with van der Waals surface area (Å²) in [6.45, 7) is 6.56. The van der Waals surface area contributed by atoms with Crippen LogP contribution >= 0.6 is 23.2 Å². The maximum absolute atomic E-state index is 12.8. The summed E-state index contributed by atoms with van der Waals surface area (Å²) in [5.41, 5.74) is 4.94. The molecule has 0 aliphatic rings. The highest BCUT2D eigenvalue weighted by atomic mass is 35.5. The van der Waals surface area contributed by atoms with Gasteiger partial charge in [-0.15, -0.1) is 0 Å². The molecule has 0 fully saturated rings. The van der Waals surface area contributed by atoms with Gasteiger partial charge < -0.3 is 9.73 Å². The van der Waals surface area contributed by atoms with Crippen LogP contribution in [0.4, 0.5) is 0 Å². The second-order valence-electron chi connectivity index (χ2n) is 7.57. The summed E-state index contributed by atoms with van der Waals surface area (Å²) in [6, 6.07) is 15.1. The molecule has 0 spiro atoms. The van der Waals surface area contributed by atoms with Gasteiger partial charge in [-0.2, -0.15) is 0 Å². The van der Waals surface area contributed by atoms with Crippen molar-refractivity contribution in [3.8, 4) is 11.3 Å². The molecule has 3 rings (SSSR count). The first-order valence-electron chi connectivity index (χ1n) is 10.5. The predicted molar refractivity (Wildman–Crippen MR) is 130 cm³/mol. The zero-order valence-corrected chi connectivity index (χ0v) is 19.6. The first kappa shape index (κ1) is 23.2. The first-order chi connectivity index (χ1) is 14.9. The van der Waals surface area contributed by atoms with Crippen LogP contribution in [0.2, 0.25) is 10.0 Å². The monoisotopic (exact) mass is 455 g/mol. The van der Waals surface area contributed by atoms with E-state index in [1.54, 1.807) is 25.1 Å². The predicted octanol–water partition coefficient (Wildman–Crippen LogP) is 7.87. The van der Waals surface area contributed by atoms with Crippen LogP contribution in [0.3, 0.4) is 0 Å². The van der Waals surface area contributed by atoms with Gasteiger partial charge in [-0.05, 0) is 85.9 Å². The van der Waals surface area contributed by atoms with Crippen LogP contribution in [0.5, 0.6) is 0 Å². The van der Waals surface area contributed by atoms with Gasteiger partial charge in [0.15, 0.2) is 0 Å². The fourth-order valence-electron chi connectivity index (χ4n) is 3.48. The number of allylic oxidation sites excluding steroid dienone is 1. The zero-order chi connectivity index (χ0) is 22.4. The third-order valence-electron chi connectivity index (χ3n) is 5.20. The highest BCUT2D eigenvalue weighted by Gasteiger charge is 2.16. The van der Waals surface area contributed by atoms with Crippen LogP contribution in [0.1, 0.15) is 53.4 Å². The van der Waals surface area contributed by atoms with Crippen LogP contribution in [-0.2, 0) is 0 Å². The summed E-state index contributed by atoms with van der Waals surface area (Å²) in [4.78, 5) is 12.8. The normalized spacial score (nSPS) is 11.6. The Morgan fingerprint density at radius 3 is 2.42 bits per heavy atom. The summed E-state index contributed by atoms with van der Waals surface area (Å²) < 4.78 is 5.81. The number of nitrogens with one attached hydrogen (secondary N) is 1. The topological polar surface area (TPSA) is 42.2 Å². The van der Waals surface area contributed by atoms with Crippen molar-refractivity contribution in [2.75, 3.05) is 6.54 Å². The summed E-state index contributed by atoms with van der Waals surface area (Å²) in [5, 5.41) is 4.41. The summed E-state index contributed by atoms with van der Waals surface area (Å²) >= 11 is 12.2. The quantitative estimate of drug-likeness (QED) is 0.375. The third kappa shape index (κ3) is 6.03. The number of hydrogen-bond acceptors (Lipinski definition) is 2. The largest absolute Gasteiger partial charge is 0.461 e. The van der Waals surface area contributed by atoms with E-state index in [-0.39, 0.29) is 5.91 Å². The van der Waals surface area contributed by atoms with Gasteiger partial charge >= 0.3 is 0 Å². The molecule has 0 saturated carbocycles. The molecule has 0 bridgehead atoms. The smallest absolute Gasteiger partial charge is 0.254 e. The van der Waals surface area contributed by atoms with Gasteiger partial charge in [-0.1, -0.05) is 48.7 Å². The number of unbranched alkanes of at least 4 members (excludes halogenated alkanes) is 1. The van der Waals surface area contributed by atoms with Crippen molar-refractivity contribution in [1.29, 1.82) is 0 Å². The fraction of sp³-hybridized carbons (Fsp3) is 0.269. The molecule has 0 aliphatic carbocycles. The number of amides is 1. The number of carbonyl (C=O) groups excluding carboxylic acids is 1. The summed E-state index contributed by atoms with van der Waals surface area (Å²) in [7, 11) is 0. The van der Waals surface area contributed by atoms with E-state index in [0.717, 1.165) is 35.4 Å². The second-order valence-corrected chi connectivity index (χ2v) is 8.44. The lowest BCUT2D eigenvalue weighted by atomic mass is 9.96. The standard InChI is InChI=1S/C26H27Cl2NO2/c1-4-5-6-19(23-15-22(28)10-7-17(23)2)13-14-29-26(30)24-16-25(31-18(24)3)20-8-11-21(27)12-9-20/h6-12,15-16H,4-5,13-14H2,1-3H3,(H,29,30)/b19-6-. The van der Waals surface area contributed by atoms with E-state index in [2.05, 4.69) is 25.2 Å². The Morgan fingerprint density at radius 2 is 1.71 bits per heavy atom. The molecule has 162 valence electrons. The van der Waals surface area contributed by atoms with Gasteiger partial charge in [0, 0.05) is 22.2 Å². The lowest BCUT2D eigenvalue weighted by Gasteiger charge is -2.13. The van der Waals surface area contributed by atoms with Gasteiger partial charge in [0.05, 0.1) is 5.56 Å². The number of furan rings is 1. The Kier molecular flexibility index (Phi) is 8.00. The van der Waals surface area contributed by atoms with Crippen LogP contribution < -0.4 is 5.32 Å². The van der Waals surface area contributed by atoms with Crippen LogP contribution in [0, 0.1) is 13.8 Å². The highest BCUT2D eigenvalue weighted by Crippen LogP contribution is 2.28. The molecule has 5 heteroatoms. The van der Waals surface area contributed by atoms with Gasteiger partial charge in [0.25, 0.3) is 5.91 Å². The van der Waals surface area contributed by atoms with Gasteiger partial charge in [-0.3, -0.25) is 4.79 Å². The molecule has 31 heavy (non-hydrogen) atoms. The number of carbonyl (C=O) groups is 1. The molecule has 2 aromatic carbocycles. The molecule has 0 atom stereocenters. The Balaban J connectivity index is 1.69. The van der Waals surface area contributed by atoms with Crippen LogP contribution in [0.15, 0.2) is 59.0 Å². The van der Waals surface area contributed by atoms with Crippen molar-refractivity contribution in [2.24, 2.45) is 0 Å². The van der Waals surface area contributed by atoms with Crippen molar-refractivity contribution in [1.82, 2.24) is 5.32 Å². The van der Waals surface area contributed by atoms with E-state index in [1.165, 1.54) is 11.1 Å². The fourth-order valence-corrected chi connectivity index (χ4v) is 3.77. The van der Waals surface area contributed by atoms with Crippen LogP contribution in [-0.4, -0.2) is 12.5 Å². The van der Waals surface area contributed by atoms with E-state index >= 15 is 0 Å². The SMILES string of the molecule is CCC/C=C(/CCNC(=O)c1cc(-c2ccc(Cl)cc2)oc1C)c1cc(Cl)ccc1C. The Bertz CT molecular complexity index is 1080. The van der Waals surface area contributed by atoms with Crippen molar-refractivity contribution in [3.63, 3.8) is 0 Å². The number of benzene rings is 2. The summed E-state index contributed by atoms with van der Waals surface area (Å²) in [6.07, 6.45) is 5.03. The van der Waals surface area contributed by atoms with Gasteiger partial charge in [0.1, 0.15) is 11.5 Å². The molecule has 3 aromatic rings. The molecule has 0 saturated heterocycles. The molecule has 0 aliphatic heterocycles. The lowest BCUT2D eigenvalue weighted by molar-refractivity contribution is 0.0953. The highest BCUT2D eigenvalue weighted by molar-refractivity contribution is 6.31. The summed E-state index contributed by atoms with van der Waals surface area (Å²) in [5.74, 6) is 1.10. The third-order valence-corrected chi connectivity index (χ3v) is 5.68. The van der Waals surface area contributed by atoms with Gasteiger partial charge in [-0.25, -0.2) is 0 Å². The van der Waals surface area contributed by atoms with E-state index in [0.29, 0.717) is 28.7 Å². The van der Waals surface area contributed by atoms with Crippen molar-refractivity contribution < 1.29 is 9.21 Å².